The van der Waals surface area contributed by atoms with Crippen molar-refractivity contribution in [1.82, 2.24) is 0 Å². The van der Waals surface area contributed by atoms with Crippen LogP contribution in [-0.2, 0) is 19.9 Å². The predicted molar refractivity (Wildman–Crippen MR) is 75.8 cm³/mol. The smallest absolute Gasteiger partial charge is 0.261 e. The number of amides is 1. The second-order valence-corrected chi connectivity index (χ2v) is 5.70. The fourth-order valence-electron chi connectivity index (χ4n) is 3.02. The van der Waals surface area contributed by atoms with Crippen molar-refractivity contribution < 1.29 is 14.3 Å². The molecule has 0 unspecified atom stereocenters. The lowest BCUT2D eigenvalue weighted by Gasteiger charge is -2.36. The summed E-state index contributed by atoms with van der Waals surface area (Å²) in [7, 11) is 0. The van der Waals surface area contributed by atoms with E-state index in [1.807, 2.05) is 24.3 Å². The molecule has 0 aromatic heterocycles. The predicted octanol–water partition coefficient (Wildman–Crippen LogP) is 2.60. The van der Waals surface area contributed by atoms with Crippen molar-refractivity contribution in [2.24, 2.45) is 0 Å². The molecule has 2 aliphatic heterocycles. The van der Waals surface area contributed by atoms with E-state index in [1.54, 1.807) is 0 Å². The number of alkyl halides is 1. The summed E-state index contributed by atoms with van der Waals surface area (Å²) in [5.41, 5.74) is 0.375. The summed E-state index contributed by atoms with van der Waals surface area (Å²) in [4.78, 5) is 24.4. The van der Waals surface area contributed by atoms with Crippen molar-refractivity contribution in [3.63, 3.8) is 0 Å². The van der Waals surface area contributed by atoms with E-state index in [2.05, 4.69) is 5.32 Å². The Hall–Kier alpha value is -1.39. The van der Waals surface area contributed by atoms with Crippen molar-refractivity contribution >= 4 is 29.0 Å². The highest BCUT2D eigenvalue weighted by Crippen LogP contribution is 2.45. The molecule has 0 saturated carbocycles. The van der Waals surface area contributed by atoms with Crippen molar-refractivity contribution in [1.29, 1.82) is 0 Å². The number of carbonyl (C=O) groups excluding carboxylic acids is 2. The van der Waals surface area contributed by atoms with Crippen molar-refractivity contribution in [3.05, 3.63) is 29.8 Å². The van der Waals surface area contributed by atoms with Gasteiger partial charge in [0.05, 0.1) is 6.10 Å². The molecule has 1 amide bonds. The van der Waals surface area contributed by atoms with Gasteiger partial charge in [-0.1, -0.05) is 18.2 Å². The Bertz CT molecular complexity index is 560. The van der Waals surface area contributed by atoms with Crippen LogP contribution in [0.2, 0.25) is 0 Å². The number of ether oxygens (including phenoxy) is 1. The number of halogens is 1. The van der Waals surface area contributed by atoms with Gasteiger partial charge in [0.1, 0.15) is 5.78 Å². The fraction of sp³-hybridized carbons (Fsp3) is 0.467. The number of benzene rings is 1. The topological polar surface area (TPSA) is 55.4 Å². The maximum absolute atomic E-state index is 12.4. The van der Waals surface area contributed by atoms with E-state index in [4.69, 9.17) is 16.3 Å². The summed E-state index contributed by atoms with van der Waals surface area (Å²) in [5, 5.41) is 2.81. The van der Waals surface area contributed by atoms with Crippen LogP contribution in [-0.4, -0.2) is 23.7 Å². The van der Waals surface area contributed by atoms with Gasteiger partial charge in [-0.3, -0.25) is 9.59 Å². The number of Topliss-reactive ketones (excluding diaryl/α,β-unsaturated/α-hetero) is 1. The Labute approximate surface area is 122 Å². The minimum Gasteiger partial charge on any atom is -0.356 e. The summed E-state index contributed by atoms with van der Waals surface area (Å²) in [6, 6.07) is 7.40. The summed E-state index contributed by atoms with van der Waals surface area (Å²) in [5.74, 6) is 0.370. The lowest BCUT2D eigenvalue weighted by molar-refractivity contribution is -0.170. The number of hydrogen-bond donors (Lipinski definition) is 1. The highest BCUT2D eigenvalue weighted by atomic mass is 35.5. The highest BCUT2D eigenvalue weighted by molar-refractivity contribution is 6.17. The normalized spacial score (nSPS) is 28.6. The van der Waals surface area contributed by atoms with Gasteiger partial charge in [0.2, 0.25) is 0 Å². The van der Waals surface area contributed by atoms with E-state index >= 15 is 0 Å². The summed E-state index contributed by atoms with van der Waals surface area (Å²) < 4.78 is 6.05. The molecule has 0 radical (unpaired) electrons. The Kier molecular flexibility index (Phi) is 3.52. The summed E-state index contributed by atoms with van der Waals surface area (Å²) in [6.45, 7) is 0. The van der Waals surface area contributed by atoms with Crippen LogP contribution in [0.5, 0.6) is 0 Å². The Morgan fingerprint density at radius 2 is 2.15 bits per heavy atom. The molecular formula is C15H16ClNO3. The molecule has 1 N–H and O–H groups in total. The van der Waals surface area contributed by atoms with Crippen LogP contribution >= 0.6 is 11.6 Å². The number of carbonyl (C=O) groups is 2. The Morgan fingerprint density at radius 3 is 2.95 bits per heavy atom. The molecule has 3 rings (SSSR count). The second kappa shape index (κ2) is 5.19. The molecule has 1 aromatic carbocycles. The SMILES string of the molecule is O=C1C[C@H](CCCCl)O[C@]2(C1)C(=O)Nc1ccccc12. The van der Waals surface area contributed by atoms with Gasteiger partial charge in [0, 0.05) is 30.0 Å². The number of nitrogens with one attached hydrogen (secondary N) is 1. The van der Waals surface area contributed by atoms with Crippen molar-refractivity contribution in [3.8, 4) is 0 Å². The lowest BCUT2D eigenvalue weighted by atomic mass is 9.84. The first-order valence-corrected chi connectivity index (χ1v) is 7.35. The largest absolute Gasteiger partial charge is 0.356 e. The molecule has 1 fully saturated rings. The van der Waals surface area contributed by atoms with Gasteiger partial charge in [0.15, 0.2) is 5.60 Å². The van der Waals surface area contributed by atoms with E-state index in [0.717, 1.165) is 17.7 Å². The summed E-state index contributed by atoms with van der Waals surface area (Å²) in [6.07, 6.45) is 1.74. The number of rotatable bonds is 3. The number of para-hydroxylation sites is 1. The van der Waals surface area contributed by atoms with Crippen LogP contribution in [0.15, 0.2) is 24.3 Å². The molecule has 0 aliphatic carbocycles. The fourth-order valence-corrected chi connectivity index (χ4v) is 3.17. The van der Waals surface area contributed by atoms with Crippen LogP contribution in [0.1, 0.15) is 31.2 Å². The van der Waals surface area contributed by atoms with E-state index in [1.165, 1.54) is 0 Å². The maximum Gasteiger partial charge on any atom is 0.261 e. The monoisotopic (exact) mass is 293 g/mol. The zero-order chi connectivity index (χ0) is 14.2. The molecule has 1 saturated heterocycles. The molecule has 2 aliphatic rings. The van der Waals surface area contributed by atoms with Gasteiger partial charge in [-0.15, -0.1) is 11.6 Å². The third kappa shape index (κ3) is 2.13. The quantitative estimate of drug-likeness (QED) is 0.872. The third-order valence-corrected chi connectivity index (χ3v) is 4.17. The molecule has 2 atom stereocenters. The number of fused-ring (bicyclic) bond motifs is 2. The zero-order valence-electron chi connectivity index (χ0n) is 11.0. The molecule has 106 valence electrons. The Morgan fingerprint density at radius 1 is 1.35 bits per heavy atom. The standard InChI is InChI=1S/C15H16ClNO3/c16-7-3-4-11-8-10(18)9-15(20-11)12-5-1-2-6-13(12)17-14(15)19/h1-2,5-6,11H,3-4,7-9H2,(H,17,19)/t11-,15-/m0/s1. The second-order valence-electron chi connectivity index (χ2n) is 5.32. The van der Waals surface area contributed by atoms with Crippen LogP contribution in [0.25, 0.3) is 0 Å². The van der Waals surface area contributed by atoms with Gasteiger partial charge >= 0.3 is 0 Å². The van der Waals surface area contributed by atoms with E-state index < -0.39 is 5.60 Å². The average Bonchev–Trinajstić information content (AvgIpc) is 2.69. The van der Waals surface area contributed by atoms with Gasteiger partial charge in [-0.05, 0) is 18.9 Å². The van der Waals surface area contributed by atoms with E-state index in [-0.39, 0.29) is 24.2 Å². The minimum atomic E-state index is -1.14. The number of ketones is 1. The van der Waals surface area contributed by atoms with Crippen molar-refractivity contribution in [2.75, 3.05) is 11.2 Å². The number of hydrogen-bond acceptors (Lipinski definition) is 3. The first kappa shape index (κ1) is 13.6. The van der Waals surface area contributed by atoms with Crippen LogP contribution in [0.3, 0.4) is 0 Å². The van der Waals surface area contributed by atoms with Gasteiger partial charge < -0.3 is 10.1 Å². The zero-order valence-corrected chi connectivity index (χ0v) is 11.8. The van der Waals surface area contributed by atoms with Crippen LogP contribution in [0.4, 0.5) is 5.69 Å². The maximum atomic E-state index is 12.4. The van der Waals surface area contributed by atoms with E-state index in [9.17, 15) is 9.59 Å². The molecule has 5 heteroatoms. The first-order chi connectivity index (χ1) is 9.65. The van der Waals surface area contributed by atoms with Crippen LogP contribution in [0, 0.1) is 0 Å². The molecule has 20 heavy (non-hydrogen) atoms. The lowest BCUT2D eigenvalue weighted by Crippen LogP contribution is -2.47. The molecule has 1 aromatic rings. The molecule has 1 spiro atoms. The third-order valence-electron chi connectivity index (χ3n) is 3.91. The van der Waals surface area contributed by atoms with Gasteiger partial charge in [0.25, 0.3) is 5.91 Å². The van der Waals surface area contributed by atoms with Crippen LogP contribution < -0.4 is 5.32 Å². The molecule has 0 bridgehead atoms. The Balaban J connectivity index is 1.94. The van der Waals surface area contributed by atoms with Gasteiger partial charge in [-0.2, -0.15) is 0 Å². The van der Waals surface area contributed by atoms with Crippen molar-refractivity contribution in [2.45, 2.75) is 37.4 Å². The van der Waals surface area contributed by atoms with Gasteiger partial charge in [-0.25, -0.2) is 0 Å². The molecular weight excluding hydrogens is 278 g/mol. The average molecular weight is 294 g/mol. The minimum absolute atomic E-state index is 0.0719. The van der Waals surface area contributed by atoms with E-state index in [0.29, 0.717) is 18.7 Å². The summed E-state index contributed by atoms with van der Waals surface area (Å²) >= 11 is 5.70. The molecule has 4 nitrogen and oxygen atoms in total. The molecule has 2 heterocycles. The first-order valence-electron chi connectivity index (χ1n) is 6.82. The number of anilines is 1. The highest BCUT2D eigenvalue weighted by Gasteiger charge is 2.53.